The Bertz CT molecular complexity index is 754. The Labute approximate surface area is 147 Å². The first kappa shape index (κ1) is 18.6. The highest BCUT2D eigenvalue weighted by atomic mass is 19.1. The van der Waals surface area contributed by atoms with Crippen molar-refractivity contribution < 1.29 is 14.0 Å². The van der Waals surface area contributed by atoms with Gasteiger partial charge in [0.25, 0.3) is 11.8 Å². The van der Waals surface area contributed by atoms with Gasteiger partial charge in [-0.1, -0.05) is 24.3 Å². The van der Waals surface area contributed by atoms with Crippen LogP contribution < -0.4 is 0 Å². The molecular weight excluding hydrogens is 319 g/mol. The van der Waals surface area contributed by atoms with E-state index < -0.39 is 17.3 Å². The highest BCUT2D eigenvalue weighted by Crippen LogP contribution is 2.22. The molecule has 0 aliphatic heterocycles. The lowest BCUT2D eigenvalue weighted by Gasteiger charge is -2.43. The molecular formula is C20H23FN2O2. The van der Waals surface area contributed by atoms with Gasteiger partial charge in [0.2, 0.25) is 0 Å². The van der Waals surface area contributed by atoms with Crippen molar-refractivity contribution in [2.45, 2.75) is 33.2 Å². The number of amides is 2. The van der Waals surface area contributed by atoms with Gasteiger partial charge >= 0.3 is 0 Å². The largest absolute Gasteiger partial charge is 0.273 e. The number of hydrazine groups is 1. The molecule has 2 amide bonds. The van der Waals surface area contributed by atoms with E-state index in [1.807, 2.05) is 26.8 Å². The van der Waals surface area contributed by atoms with E-state index >= 15 is 0 Å². The Morgan fingerprint density at radius 2 is 1.52 bits per heavy atom. The molecule has 5 heteroatoms. The van der Waals surface area contributed by atoms with Crippen molar-refractivity contribution in [1.82, 2.24) is 10.0 Å². The zero-order valence-corrected chi connectivity index (χ0v) is 15.0. The first-order valence-electron chi connectivity index (χ1n) is 8.22. The van der Waals surface area contributed by atoms with Crippen molar-refractivity contribution in [3.63, 3.8) is 0 Å². The van der Waals surface area contributed by atoms with Gasteiger partial charge in [0.05, 0.1) is 5.54 Å². The summed E-state index contributed by atoms with van der Waals surface area (Å²) in [5.41, 5.74) is 0.0315. The topological polar surface area (TPSA) is 40.6 Å². The van der Waals surface area contributed by atoms with Gasteiger partial charge < -0.3 is 0 Å². The van der Waals surface area contributed by atoms with Gasteiger partial charge in [0, 0.05) is 17.7 Å². The molecule has 0 bridgehead atoms. The van der Waals surface area contributed by atoms with Crippen LogP contribution in [0.3, 0.4) is 0 Å². The normalized spacial score (nSPS) is 11.1. The number of carbonyl (C=O) groups excluding carboxylic acids is 2. The summed E-state index contributed by atoms with van der Waals surface area (Å²) in [6.07, 6.45) is 0. The number of nitrogens with zero attached hydrogens (tertiary/aromatic N) is 2. The van der Waals surface area contributed by atoms with E-state index in [0.717, 1.165) is 0 Å². The summed E-state index contributed by atoms with van der Waals surface area (Å²) in [4.78, 5) is 26.0. The molecule has 0 heterocycles. The van der Waals surface area contributed by atoms with E-state index in [9.17, 15) is 14.0 Å². The highest BCUT2D eigenvalue weighted by molar-refractivity contribution is 5.99. The SMILES string of the molecule is CCN(C(=O)c1ccccc1)N(C(=O)c1cccc(F)c1)C(C)(C)C. The van der Waals surface area contributed by atoms with E-state index in [1.165, 1.54) is 28.2 Å². The van der Waals surface area contributed by atoms with E-state index in [4.69, 9.17) is 0 Å². The molecule has 0 fully saturated rings. The Morgan fingerprint density at radius 3 is 2.04 bits per heavy atom. The summed E-state index contributed by atoms with van der Waals surface area (Å²) in [5.74, 6) is -1.18. The third kappa shape index (κ3) is 4.24. The second-order valence-corrected chi connectivity index (χ2v) is 6.69. The Hall–Kier alpha value is -2.69. The van der Waals surface area contributed by atoms with Crippen molar-refractivity contribution in [3.8, 4) is 0 Å². The Morgan fingerprint density at radius 1 is 0.920 bits per heavy atom. The standard InChI is InChI=1S/C20H23FN2O2/c1-5-22(18(24)15-10-7-6-8-11-15)23(20(2,3)4)19(25)16-12-9-13-17(21)14-16/h6-14H,5H2,1-4H3. The van der Waals surface area contributed by atoms with Crippen LogP contribution in [0.25, 0.3) is 0 Å². The smallest absolute Gasteiger partial charge is 0.267 e. The van der Waals surface area contributed by atoms with Crippen molar-refractivity contribution in [3.05, 3.63) is 71.5 Å². The van der Waals surface area contributed by atoms with Gasteiger partial charge in [0.15, 0.2) is 0 Å². The van der Waals surface area contributed by atoms with Gasteiger partial charge in [-0.2, -0.15) is 0 Å². The van der Waals surface area contributed by atoms with Gasteiger partial charge in [0.1, 0.15) is 5.82 Å². The van der Waals surface area contributed by atoms with Crippen LogP contribution in [-0.4, -0.2) is 33.9 Å². The van der Waals surface area contributed by atoms with Crippen molar-refractivity contribution in [1.29, 1.82) is 0 Å². The minimum atomic E-state index is -0.663. The fourth-order valence-electron chi connectivity index (χ4n) is 2.63. The third-order valence-electron chi connectivity index (χ3n) is 3.70. The summed E-state index contributed by atoms with van der Waals surface area (Å²) in [6.45, 7) is 7.63. The van der Waals surface area contributed by atoms with Crippen LogP contribution in [0.1, 0.15) is 48.4 Å². The maximum absolute atomic E-state index is 13.5. The molecule has 4 nitrogen and oxygen atoms in total. The van der Waals surface area contributed by atoms with Crippen LogP contribution in [0.4, 0.5) is 4.39 Å². The minimum Gasteiger partial charge on any atom is -0.267 e. The number of rotatable bonds is 3. The van der Waals surface area contributed by atoms with Gasteiger partial charge in [-0.3, -0.25) is 9.59 Å². The van der Waals surface area contributed by atoms with Crippen molar-refractivity contribution in [2.24, 2.45) is 0 Å². The molecule has 2 aromatic carbocycles. The lowest BCUT2D eigenvalue weighted by molar-refractivity contribution is -0.0411. The maximum Gasteiger partial charge on any atom is 0.273 e. The van der Waals surface area contributed by atoms with Gasteiger partial charge in [-0.25, -0.2) is 14.4 Å². The first-order chi connectivity index (χ1) is 11.8. The fourth-order valence-corrected chi connectivity index (χ4v) is 2.63. The van der Waals surface area contributed by atoms with E-state index in [1.54, 1.807) is 37.3 Å². The average molecular weight is 342 g/mol. The number of carbonyl (C=O) groups is 2. The van der Waals surface area contributed by atoms with Crippen molar-refractivity contribution in [2.75, 3.05) is 6.54 Å². The lowest BCUT2D eigenvalue weighted by Crippen LogP contribution is -2.58. The van der Waals surface area contributed by atoms with Crippen LogP contribution in [0, 0.1) is 5.82 Å². The second-order valence-electron chi connectivity index (χ2n) is 6.69. The first-order valence-corrected chi connectivity index (χ1v) is 8.22. The number of halogens is 1. The summed E-state index contributed by atoms with van der Waals surface area (Å²) in [5, 5.41) is 2.81. The van der Waals surface area contributed by atoms with Crippen LogP contribution in [0.5, 0.6) is 0 Å². The summed E-state index contributed by atoms with van der Waals surface area (Å²) in [6, 6.07) is 14.3. The maximum atomic E-state index is 13.5. The molecule has 0 spiro atoms. The van der Waals surface area contributed by atoms with E-state index in [-0.39, 0.29) is 11.5 Å². The van der Waals surface area contributed by atoms with Gasteiger partial charge in [-0.15, -0.1) is 0 Å². The minimum absolute atomic E-state index is 0.203. The van der Waals surface area contributed by atoms with E-state index in [0.29, 0.717) is 12.1 Å². The number of hydrogen-bond donors (Lipinski definition) is 0. The molecule has 25 heavy (non-hydrogen) atoms. The van der Waals surface area contributed by atoms with Gasteiger partial charge in [-0.05, 0) is 58.0 Å². The quantitative estimate of drug-likeness (QED) is 0.787. The summed E-state index contributed by atoms with van der Waals surface area (Å²) >= 11 is 0. The van der Waals surface area contributed by atoms with Crippen LogP contribution in [0.15, 0.2) is 54.6 Å². The predicted octanol–water partition coefficient (Wildman–Crippen LogP) is 4.14. The molecule has 2 aromatic rings. The van der Waals surface area contributed by atoms with Crippen LogP contribution in [-0.2, 0) is 0 Å². The Balaban J connectivity index is 2.45. The molecule has 0 saturated heterocycles. The number of benzene rings is 2. The van der Waals surface area contributed by atoms with Crippen LogP contribution in [0.2, 0.25) is 0 Å². The molecule has 0 N–H and O–H groups in total. The number of hydrogen-bond acceptors (Lipinski definition) is 2. The molecule has 0 saturated carbocycles. The monoisotopic (exact) mass is 342 g/mol. The predicted molar refractivity (Wildman–Crippen MR) is 95.5 cm³/mol. The molecule has 0 aromatic heterocycles. The fraction of sp³-hybridized carbons (Fsp3) is 0.300. The average Bonchev–Trinajstić information content (AvgIpc) is 2.58. The molecule has 0 atom stereocenters. The van der Waals surface area contributed by atoms with Crippen LogP contribution >= 0.6 is 0 Å². The molecule has 132 valence electrons. The lowest BCUT2D eigenvalue weighted by atomic mass is 10.1. The molecule has 0 radical (unpaired) electrons. The molecule has 2 rings (SSSR count). The zero-order chi connectivity index (χ0) is 18.6. The van der Waals surface area contributed by atoms with E-state index in [2.05, 4.69) is 0 Å². The molecule has 0 aliphatic carbocycles. The summed E-state index contributed by atoms with van der Waals surface area (Å²) in [7, 11) is 0. The van der Waals surface area contributed by atoms with Crippen molar-refractivity contribution >= 4 is 11.8 Å². The second kappa shape index (κ2) is 7.47. The molecule has 0 unspecified atom stereocenters. The summed E-state index contributed by atoms with van der Waals surface area (Å²) < 4.78 is 13.5. The Kier molecular flexibility index (Phi) is 5.57. The molecule has 0 aliphatic rings. The third-order valence-corrected chi connectivity index (χ3v) is 3.70. The zero-order valence-electron chi connectivity index (χ0n) is 15.0. The highest BCUT2D eigenvalue weighted by Gasteiger charge is 2.35.